The van der Waals surface area contributed by atoms with Gasteiger partial charge in [0.05, 0.1) is 5.02 Å². The van der Waals surface area contributed by atoms with E-state index in [1.165, 1.54) is 0 Å². The summed E-state index contributed by atoms with van der Waals surface area (Å²) in [5.74, 6) is -0.272. The van der Waals surface area contributed by atoms with Crippen molar-refractivity contribution >= 4 is 28.8 Å². The molecule has 0 aliphatic heterocycles. The number of H-pyrrole nitrogens is 1. The number of rotatable bonds is 5. The lowest BCUT2D eigenvalue weighted by atomic mass is 10.1. The Morgan fingerprint density at radius 3 is 2.70 bits per heavy atom. The molecule has 0 saturated heterocycles. The monoisotopic (exact) mass is 352 g/mol. The molecule has 23 heavy (non-hydrogen) atoms. The minimum atomic E-state index is -0.381. The molecule has 124 valence electrons. The maximum absolute atomic E-state index is 13.0. The van der Waals surface area contributed by atoms with Gasteiger partial charge in [-0.1, -0.05) is 18.5 Å². The van der Waals surface area contributed by atoms with E-state index in [0.717, 1.165) is 12.0 Å². The number of halogens is 1. The standard InChI is InChI=1S/C17H21ClN2O2S/c1-5-10(2)20(8-13-6-7-23-9-13)17(22)14-11(3)15(18)12(4)19-16(14)21/h6-7,9-10H,5,8H2,1-4H3,(H,19,21). The Morgan fingerprint density at radius 1 is 1.43 bits per heavy atom. The Bertz CT molecular complexity index is 753. The highest BCUT2D eigenvalue weighted by atomic mass is 35.5. The summed E-state index contributed by atoms with van der Waals surface area (Å²) >= 11 is 7.81. The Labute approximate surface area is 145 Å². The van der Waals surface area contributed by atoms with Crippen LogP contribution in [0.4, 0.5) is 0 Å². The number of hydrogen-bond acceptors (Lipinski definition) is 3. The van der Waals surface area contributed by atoms with Crippen LogP contribution in [-0.2, 0) is 6.54 Å². The topological polar surface area (TPSA) is 53.2 Å². The average Bonchev–Trinajstić information content (AvgIpc) is 3.02. The molecule has 0 saturated carbocycles. The van der Waals surface area contributed by atoms with Crippen LogP contribution in [0.5, 0.6) is 0 Å². The summed E-state index contributed by atoms with van der Waals surface area (Å²) in [6.45, 7) is 7.95. The summed E-state index contributed by atoms with van der Waals surface area (Å²) in [6.07, 6.45) is 0.812. The lowest BCUT2D eigenvalue weighted by Gasteiger charge is -2.29. The second-order valence-corrected chi connectivity index (χ2v) is 6.87. The molecular weight excluding hydrogens is 332 g/mol. The van der Waals surface area contributed by atoms with Crippen LogP contribution in [0.2, 0.25) is 5.02 Å². The van der Waals surface area contributed by atoms with Gasteiger partial charge in [0.25, 0.3) is 11.5 Å². The highest BCUT2D eigenvalue weighted by molar-refractivity contribution is 7.07. The number of hydrogen-bond donors (Lipinski definition) is 1. The van der Waals surface area contributed by atoms with Gasteiger partial charge in [0.15, 0.2) is 0 Å². The minimum absolute atomic E-state index is 0.0290. The number of thiophene rings is 1. The third-order valence-electron chi connectivity index (χ3n) is 4.09. The molecule has 1 unspecified atom stereocenters. The molecule has 1 N–H and O–H groups in total. The van der Waals surface area contributed by atoms with Gasteiger partial charge in [0, 0.05) is 18.3 Å². The van der Waals surface area contributed by atoms with Crippen molar-refractivity contribution in [2.75, 3.05) is 0 Å². The Morgan fingerprint density at radius 2 is 2.13 bits per heavy atom. The Kier molecular flexibility index (Phi) is 5.65. The molecule has 0 radical (unpaired) electrons. The highest BCUT2D eigenvalue weighted by Crippen LogP contribution is 2.22. The second-order valence-electron chi connectivity index (χ2n) is 5.72. The number of nitrogens with zero attached hydrogens (tertiary/aromatic N) is 1. The fourth-order valence-corrected chi connectivity index (χ4v) is 3.28. The summed E-state index contributed by atoms with van der Waals surface area (Å²) in [5.41, 5.74) is 1.94. The van der Waals surface area contributed by atoms with E-state index in [9.17, 15) is 9.59 Å². The summed E-state index contributed by atoms with van der Waals surface area (Å²) in [7, 11) is 0. The minimum Gasteiger partial charge on any atom is -0.331 e. The number of nitrogens with one attached hydrogen (secondary N) is 1. The lowest BCUT2D eigenvalue weighted by molar-refractivity contribution is 0.0669. The molecule has 0 fully saturated rings. The molecule has 1 amide bonds. The van der Waals surface area contributed by atoms with Crippen LogP contribution in [0.1, 0.15) is 47.4 Å². The summed E-state index contributed by atoms with van der Waals surface area (Å²) < 4.78 is 0. The van der Waals surface area contributed by atoms with Crippen LogP contribution in [0.25, 0.3) is 0 Å². The summed E-state index contributed by atoms with van der Waals surface area (Å²) in [4.78, 5) is 29.7. The molecule has 2 heterocycles. The Hall–Kier alpha value is -1.59. The smallest absolute Gasteiger partial charge is 0.261 e. The van der Waals surface area contributed by atoms with Gasteiger partial charge >= 0.3 is 0 Å². The largest absolute Gasteiger partial charge is 0.331 e. The van der Waals surface area contributed by atoms with Crippen molar-refractivity contribution in [3.8, 4) is 0 Å². The van der Waals surface area contributed by atoms with E-state index in [1.54, 1.807) is 30.1 Å². The van der Waals surface area contributed by atoms with Crippen molar-refractivity contribution in [2.24, 2.45) is 0 Å². The first-order valence-corrected chi connectivity index (χ1v) is 8.89. The number of aromatic amines is 1. The first-order chi connectivity index (χ1) is 10.9. The van der Waals surface area contributed by atoms with Crippen molar-refractivity contribution in [1.29, 1.82) is 0 Å². The first-order valence-electron chi connectivity index (χ1n) is 7.57. The van der Waals surface area contributed by atoms with E-state index in [1.807, 2.05) is 30.7 Å². The molecule has 0 aliphatic rings. The zero-order valence-corrected chi connectivity index (χ0v) is 15.3. The quantitative estimate of drug-likeness (QED) is 0.878. The zero-order valence-electron chi connectivity index (χ0n) is 13.8. The number of amides is 1. The number of carbonyl (C=O) groups is 1. The van der Waals surface area contributed by atoms with Crippen molar-refractivity contribution in [1.82, 2.24) is 9.88 Å². The van der Waals surface area contributed by atoms with Crippen molar-refractivity contribution in [2.45, 2.75) is 46.7 Å². The molecule has 0 aromatic carbocycles. The third kappa shape index (κ3) is 3.67. The molecule has 2 rings (SSSR count). The molecule has 0 spiro atoms. The van der Waals surface area contributed by atoms with E-state index in [2.05, 4.69) is 4.98 Å². The fourth-order valence-electron chi connectivity index (χ4n) is 2.48. The maximum Gasteiger partial charge on any atom is 0.261 e. The lowest BCUT2D eigenvalue weighted by Crippen LogP contribution is -2.40. The molecule has 2 aromatic rings. The van der Waals surface area contributed by atoms with Crippen molar-refractivity contribution in [3.63, 3.8) is 0 Å². The molecule has 0 bridgehead atoms. The Balaban J connectivity index is 2.46. The van der Waals surface area contributed by atoms with E-state index in [4.69, 9.17) is 11.6 Å². The van der Waals surface area contributed by atoms with E-state index >= 15 is 0 Å². The average molecular weight is 353 g/mol. The maximum atomic E-state index is 13.0. The number of aryl methyl sites for hydroxylation is 1. The van der Waals surface area contributed by atoms with Gasteiger partial charge in [-0.25, -0.2) is 0 Å². The van der Waals surface area contributed by atoms with Crippen LogP contribution in [-0.4, -0.2) is 21.8 Å². The van der Waals surface area contributed by atoms with Crippen molar-refractivity contribution < 1.29 is 4.79 Å². The van der Waals surface area contributed by atoms with Crippen LogP contribution in [0.3, 0.4) is 0 Å². The van der Waals surface area contributed by atoms with Crippen LogP contribution >= 0.6 is 22.9 Å². The van der Waals surface area contributed by atoms with Crippen LogP contribution < -0.4 is 5.56 Å². The molecule has 2 aromatic heterocycles. The molecule has 1 atom stereocenters. The van der Waals surface area contributed by atoms with Gasteiger partial charge in [0.1, 0.15) is 5.56 Å². The number of carbonyl (C=O) groups excluding carboxylic acids is 1. The van der Waals surface area contributed by atoms with E-state index in [0.29, 0.717) is 22.8 Å². The molecule has 6 heteroatoms. The van der Waals surface area contributed by atoms with Gasteiger partial charge in [-0.3, -0.25) is 9.59 Å². The van der Waals surface area contributed by atoms with Gasteiger partial charge < -0.3 is 9.88 Å². The van der Waals surface area contributed by atoms with Gasteiger partial charge in [-0.15, -0.1) is 0 Å². The van der Waals surface area contributed by atoms with Gasteiger partial charge in [-0.2, -0.15) is 11.3 Å². The fraction of sp³-hybridized carbons (Fsp3) is 0.412. The molecule has 0 aliphatic carbocycles. The SMILES string of the molecule is CCC(C)N(Cc1ccsc1)C(=O)c1c(C)c(Cl)c(C)[nH]c1=O. The normalized spacial score (nSPS) is 12.2. The number of pyridine rings is 1. The summed E-state index contributed by atoms with van der Waals surface area (Å²) in [6, 6.07) is 2.02. The van der Waals surface area contributed by atoms with Crippen LogP contribution in [0.15, 0.2) is 21.6 Å². The van der Waals surface area contributed by atoms with E-state index < -0.39 is 0 Å². The van der Waals surface area contributed by atoms with Crippen LogP contribution in [0, 0.1) is 13.8 Å². The summed E-state index contributed by atoms with van der Waals surface area (Å²) in [5, 5.41) is 4.43. The predicted molar refractivity (Wildman–Crippen MR) is 95.5 cm³/mol. The molecular formula is C17H21ClN2O2S. The van der Waals surface area contributed by atoms with Crippen molar-refractivity contribution in [3.05, 3.63) is 54.6 Å². The second kappa shape index (κ2) is 7.32. The van der Waals surface area contributed by atoms with E-state index in [-0.39, 0.29) is 23.1 Å². The number of aromatic nitrogens is 1. The third-order valence-corrected chi connectivity index (χ3v) is 5.39. The molecule has 4 nitrogen and oxygen atoms in total. The first kappa shape index (κ1) is 17.8. The zero-order chi connectivity index (χ0) is 17.1. The highest BCUT2D eigenvalue weighted by Gasteiger charge is 2.26. The predicted octanol–water partition coefficient (Wildman–Crippen LogP) is 4.15. The van der Waals surface area contributed by atoms with Gasteiger partial charge in [0.2, 0.25) is 0 Å². The van der Waals surface area contributed by atoms with Gasteiger partial charge in [-0.05, 0) is 55.1 Å².